The molecule has 0 unspecified atom stereocenters. The Hall–Kier alpha value is -1.09. The molecule has 0 spiro atoms. The van der Waals surface area contributed by atoms with Gasteiger partial charge in [0, 0.05) is 31.9 Å². The van der Waals surface area contributed by atoms with Crippen LogP contribution in [0.4, 0.5) is 5.82 Å². The van der Waals surface area contributed by atoms with Gasteiger partial charge < -0.3 is 10.2 Å². The summed E-state index contributed by atoms with van der Waals surface area (Å²) in [5, 5.41) is 3.40. The van der Waals surface area contributed by atoms with Crippen molar-refractivity contribution in [3.8, 4) is 0 Å². The fourth-order valence-corrected chi connectivity index (χ4v) is 2.16. The Labute approximate surface area is 91.5 Å². The molecule has 1 aliphatic heterocycles. The number of nitrogens with zero attached hydrogens (tertiary/aromatic N) is 2. The summed E-state index contributed by atoms with van der Waals surface area (Å²) in [5.41, 5.74) is 2.52. The van der Waals surface area contributed by atoms with Crippen molar-refractivity contribution >= 4 is 5.82 Å². The van der Waals surface area contributed by atoms with Crippen LogP contribution >= 0.6 is 0 Å². The summed E-state index contributed by atoms with van der Waals surface area (Å²) in [5.74, 6) is 1.15. The molecule has 1 N–H and O–H groups in total. The highest BCUT2D eigenvalue weighted by molar-refractivity contribution is 5.48. The van der Waals surface area contributed by atoms with E-state index in [0.29, 0.717) is 6.04 Å². The normalized spacial score (nSPS) is 21.8. The molecule has 0 radical (unpaired) electrons. The number of rotatable bonds is 1. The van der Waals surface area contributed by atoms with Crippen LogP contribution in [-0.4, -0.2) is 30.7 Å². The molecule has 1 aromatic rings. The van der Waals surface area contributed by atoms with Gasteiger partial charge >= 0.3 is 0 Å². The summed E-state index contributed by atoms with van der Waals surface area (Å²) in [7, 11) is 0. The number of pyridine rings is 1. The first-order chi connectivity index (χ1) is 7.18. The van der Waals surface area contributed by atoms with Gasteiger partial charge in [-0.25, -0.2) is 4.98 Å². The van der Waals surface area contributed by atoms with Crippen LogP contribution in [0.5, 0.6) is 0 Å². The molecule has 1 saturated heterocycles. The highest BCUT2D eigenvalue weighted by atomic mass is 15.3. The predicted octanol–water partition coefficient (Wildman–Crippen LogP) is 1.50. The zero-order chi connectivity index (χ0) is 10.8. The smallest absolute Gasteiger partial charge is 0.131 e. The van der Waals surface area contributed by atoms with E-state index in [1.165, 1.54) is 11.1 Å². The second-order valence-electron chi connectivity index (χ2n) is 4.40. The van der Waals surface area contributed by atoms with Gasteiger partial charge in [-0.1, -0.05) is 6.07 Å². The van der Waals surface area contributed by atoms with Crippen LogP contribution in [0, 0.1) is 13.8 Å². The van der Waals surface area contributed by atoms with Crippen LogP contribution in [0.3, 0.4) is 0 Å². The monoisotopic (exact) mass is 205 g/mol. The number of anilines is 1. The molecule has 1 aromatic heterocycles. The molecule has 1 aliphatic rings. The average Bonchev–Trinajstić information content (AvgIpc) is 2.20. The molecule has 0 aromatic carbocycles. The molecular weight excluding hydrogens is 186 g/mol. The molecule has 2 heterocycles. The number of piperazine rings is 1. The minimum atomic E-state index is 0.535. The Morgan fingerprint density at radius 2 is 2.27 bits per heavy atom. The molecule has 3 heteroatoms. The van der Waals surface area contributed by atoms with Crippen molar-refractivity contribution in [2.75, 3.05) is 24.5 Å². The van der Waals surface area contributed by atoms with Crippen molar-refractivity contribution in [3.05, 3.63) is 23.4 Å². The first-order valence-corrected chi connectivity index (χ1v) is 5.59. The molecule has 0 amide bonds. The van der Waals surface area contributed by atoms with E-state index < -0.39 is 0 Å². The summed E-state index contributed by atoms with van der Waals surface area (Å²) in [6, 6.07) is 2.74. The quantitative estimate of drug-likeness (QED) is 0.753. The Morgan fingerprint density at radius 3 is 2.93 bits per heavy atom. The van der Waals surface area contributed by atoms with Crippen LogP contribution in [0.25, 0.3) is 0 Å². The van der Waals surface area contributed by atoms with E-state index in [1.54, 1.807) is 0 Å². The van der Waals surface area contributed by atoms with Gasteiger partial charge in [-0.3, -0.25) is 0 Å². The summed E-state index contributed by atoms with van der Waals surface area (Å²) < 4.78 is 0. The maximum absolute atomic E-state index is 4.55. The lowest BCUT2D eigenvalue weighted by atomic mass is 10.1. The van der Waals surface area contributed by atoms with E-state index in [2.05, 4.69) is 42.0 Å². The number of aryl methyl sites for hydroxylation is 2. The standard InChI is InChI=1S/C12H19N3/c1-9-6-10(2)12(14-7-9)15-5-4-13-8-11(15)3/h6-7,11,13H,4-5,8H2,1-3H3/t11-/m1/s1. The summed E-state index contributed by atoms with van der Waals surface area (Å²) in [4.78, 5) is 6.94. The largest absolute Gasteiger partial charge is 0.351 e. The lowest BCUT2D eigenvalue weighted by molar-refractivity contribution is 0.496. The third-order valence-corrected chi connectivity index (χ3v) is 2.96. The Kier molecular flexibility index (Phi) is 2.91. The zero-order valence-electron chi connectivity index (χ0n) is 9.75. The van der Waals surface area contributed by atoms with E-state index in [1.807, 2.05) is 6.20 Å². The second kappa shape index (κ2) is 4.19. The van der Waals surface area contributed by atoms with Crippen molar-refractivity contribution in [2.45, 2.75) is 26.8 Å². The minimum Gasteiger partial charge on any atom is -0.351 e. The van der Waals surface area contributed by atoms with Crippen LogP contribution < -0.4 is 10.2 Å². The van der Waals surface area contributed by atoms with Gasteiger partial charge in [-0.2, -0.15) is 0 Å². The van der Waals surface area contributed by atoms with Gasteiger partial charge in [0.25, 0.3) is 0 Å². The molecular formula is C12H19N3. The fraction of sp³-hybridized carbons (Fsp3) is 0.583. The van der Waals surface area contributed by atoms with Crippen molar-refractivity contribution in [2.24, 2.45) is 0 Å². The predicted molar refractivity (Wildman–Crippen MR) is 63.4 cm³/mol. The van der Waals surface area contributed by atoms with E-state index in [0.717, 1.165) is 25.5 Å². The Balaban J connectivity index is 2.27. The molecule has 1 fully saturated rings. The molecule has 0 aliphatic carbocycles. The zero-order valence-corrected chi connectivity index (χ0v) is 9.75. The van der Waals surface area contributed by atoms with E-state index >= 15 is 0 Å². The molecule has 82 valence electrons. The van der Waals surface area contributed by atoms with Crippen molar-refractivity contribution in [3.63, 3.8) is 0 Å². The van der Waals surface area contributed by atoms with Gasteiger partial charge in [-0.05, 0) is 31.9 Å². The average molecular weight is 205 g/mol. The number of aromatic nitrogens is 1. The maximum Gasteiger partial charge on any atom is 0.131 e. The molecule has 0 saturated carbocycles. The first-order valence-electron chi connectivity index (χ1n) is 5.59. The SMILES string of the molecule is Cc1cnc(N2CCNC[C@H]2C)c(C)c1. The number of hydrogen-bond acceptors (Lipinski definition) is 3. The van der Waals surface area contributed by atoms with Gasteiger partial charge in [0.05, 0.1) is 0 Å². The van der Waals surface area contributed by atoms with Crippen molar-refractivity contribution < 1.29 is 0 Å². The second-order valence-corrected chi connectivity index (χ2v) is 4.40. The number of nitrogens with one attached hydrogen (secondary N) is 1. The highest BCUT2D eigenvalue weighted by Gasteiger charge is 2.20. The van der Waals surface area contributed by atoms with Crippen LogP contribution in [0.1, 0.15) is 18.1 Å². The number of hydrogen-bond donors (Lipinski definition) is 1. The van der Waals surface area contributed by atoms with Crippen LogP contribution in [0.2, 0.25) is 0 Å². The molecule has 2 rings (SSSR count). The third-order valence-electron chi connectivity index (χ3n) is 2.96. The lowest BCUT2D eigenvalue weighted by Crippen LogP contribution is -2.50. The van der Waals surface area contributed by atoms with Crippen molar-refractivity contribution in [1.82, 2.24) is 10.3 Å². The fourth-order valence-electron chi connectivity index (χ4n) is 2.16. The molecule has 15 heavy (non-hydrogen) atoms. The van der Waals surface area contributed by atoms with E-state index in [9.17, 15) is 0 Å². The third kappa shape index (κ3) is 2.12. The molecule has 1 atom stereocenters. The summed E-state index contributed by atoms with van der Waals surface area (Å²) in [6.45, 7) is 9.63. The minimum absolute atomic E-state index is 0.535. The van der Waals surface area contributed by atoms with E-state index in [4.69, 9.17) is 0 Å². The molecule has 0 bridgehead atoms. The van der Waals surface area contributed by atoms with E-state index in [-0.39, 0.29) is 0 Å². The maximum atomic E-state index is 4.55. The topological polar surface area (TPSA) is 28.2 Å². The van der Waals surface area contributed by atoms with Gasteiger partial charge in [-0.15, -0.1) is 0 Å². The van der Waals surface area contributed by atoms with Crippen molar-refractivity contribution in [1.29, 1.82) is 0 Å². The van der Waals surface area contributed by atoms with Gasteiger partial charge in [0.15, 0.2) is 0 Å². The van der Waals surface area contributed by atoms with Crippen LogP contribution in [0.15, 0.2) is 12.3 Å². The molecule has 3 nitrogen and oxygen atoms in total. The summed E-state index contributed by atoms with van der Waals surface area (Å²) in [6.07, 6.45) is 1.96. The Bertz CT molecular complexity index is 349. The highest BCUT2D eigenvalue weighted by Crippen LogP contribution is 2.20. The Morgan fingerprint density at radius 1 is 1.47 bits per heavy atom. The first kappa shape index (κ1) is 10.4. The van der Waals surface area contributed by atoms with Gasteiger partial charge in [0.1, 0.15) is 5.82 Å². The lowest BCUT2D eigenvalue weighted by Gasteiger charge is -2.35. The summed E-state index contributed by atoms with van der Waals surface area (Å²) >= 11 is 0. The van der Waals surface area contributed by atoms with Gasteiger partial charge in [0.2, 0.25) is 0 Å². The van der Waals surface area contributed by atoms with Crippen LogP contribution in [-0.2, 0) is 0 Å².